The van der Waals surface area contributed by atoms with Crippen LogP contribution in [0.15, 0.2) is 0 Å². The molecule has 11 heavy (non-hydrogen) atoms. The smallest absolute Gasteiger partial charge is 0.244 e. The summed E-state index contributed by atoms with van der Waals surface area (Å²) < 4.78 is 0. The third-order valence-corrected chi connectivity index (χ3v) is 1.18. The van der Waals surface area contributed by atoms with E-state index in [1.165, 1.54) is 0 Å². The van der Waals surface area contributed by atoms with Crippen LogP contribution in [0.3, 0.4) is 0 Å². The Bertz CT molecular complexity index is 159. The minimum atomic E-state index is -0.962. The van der Waals surface area contributed by atoms with Gasteiger partial charge in [-0.05, 0) is 0 Å². The first-order valence-corrected chi connectivity index (χ1v) is 2.97. The molecule has 0 aliphatic rings. The molecule has 0 aromatic heterocycles. The van der Waals surface area contributed by atoms with Crippen molar-refractivity contribution in [2.75, 3.05) is 6.61 Å². The molecule has 1 atom stereocenters. The number of aliphatic hydroxyl groups is 1. The molecule has 0 spiro atoms. The van der Waals surface area contributed by atoms with E-state index >= 15 is 0 Å². The van der Waals surface area contributed by atoms with Crippen LogP contribution in [0.5, 0.6) is 0 Å². The van der Waals surface area contributed by atoms with Gasteiger partial charge in [0.25, 0.3) is 0 Å². The number of rotatable bonds is 4. The molecule has 0 fully saturated rings. The van der Waals surface area contributed by atoms with Gasteiger partial charge in [0.2, 0.25) is 11.8 Å². The summed E-state index contributed by atoms with van der Waals surface area (Å²) in [6.45, 7) is -0.504. The second-order valence-electron chi connectivity index (χ2n) is 2.02. The number of aliphatic hydroxyl groups excluding tert-OH is 1. The third kappa shape index (κ3) is 3.54. The summed E-state index contributed by atoms with van der Waals surface area (Å²) >= 11 is 0. The van der Waals surface area contributed by atoms with Crippen LogP contribution in [0.4, 0.5) is 0 Å². The van der Waals surface area contributed by atoms with Gasteiger partial charge < -0.3 is 5.11 Å². The summed E-state index contributed by atoms with van der Waals surface area (Å²) in [5.41, 5.74) is 8.38. The zero-order valence-electron chi connectivity index (χ0n) is 5.83. The normalized spacial score (nSPS) is 12.2. The molecular formula is C5H10N3O3. The zero-order valence-corrected chi connectivity index (χ0v) is 5.83. The van der Waals surface area contributed by atoms with Gasteiger partial charge in [0.15, 0.2) is 0 Å². The van der Waals surface area contributed by atoms with Crippen LogP contribution in [0.1, 0.15) is 6.42 Å². The average Bonchev–Trinajstić information content (AvgIpc) is 1.99. The van der Waals surface area contributed by atoms with Crippen LogP contribution in [0.25, 0.3) is 0 Å². The van der Waals surface area contributed by atoms with Crippen LogP contribution < -0.4 is 17.0 Å². The molecule has 0 heterocycles. The predicted octanol–water partition coefficient (Wildman–Crippen LogP) is -2.22. The van der Waals surface area contributed by atoms with Crippen molar-refractivity contribution in [1.29, 1.82) is 0 Å². The summed E-state index contributed by atoms with van der Waals surface area (Å²) in [6, 6.07) is 0. The van der Waals surface area contributed by atoms with E-state index in [9.17, 15) is 9.59 Å². The number of carbonyl (C=O) groups is 2. The van der Waals surface area contributed by atoms with E-state index in [1.54, 1.807) is 5.43 Å². The number of nitrogens with two attached hydrogens (primary N) is 1. The molecule has 0 aromatic carbocycles. The van der Waals surface area contributed by atoms with Crippen LogP contribution in [0, 0.1) is 5.92 Å². The van der Waals surface area contributed by atoms with E-state index in [1.807, 2.05) is 0 Å². The SMILES string of the molecule is [NH]C(=O)C(CO)CC(=O)NN. The number of hydrazine groups is 1. The van der Waals surface area contributed by atoms with Crippen molar-refractivity contribution in [2.45, 2.75) is 6.42 Å². The lowest BCUT2D eigenvalue weighted by Gasteiger charge is -2.06. The first-order chi connectivity index (χ1) is 5.11. The Hall–Kier alpha value is -1.14. The number of hydrogen-bond donors (Lipinski definition) is 3. The van der Waals surface area contributed by atoms with E-state index < -0.39 is 24.3 Å². The largest absolute Gasteiger partial charge is 0.396 e. The molecule has 63 valence electrons. The first kappa shape index (κ1) is 9.86. The standard InChI is InChI=1S/C5H10N3O3/c6-5(11)3(2-9)1-4(10)8-7/h3,6,9H,1-2,7H2,(H,8,10). The van der Waals surface area contributed by atoms with Crippen molar-refractivity contribution in [2.24, 2.45) is 11.8 Å². The van der Waals surface area contributed by atoms with Crippen molar-refractivity contribution < 1.29 is 14.7 Å². The van der Waals surface area contributed by atoms with Crippen molar-refractivity contribution >= 4 is 11.8 Å². The van der Waals surface area contributed by atoms with Gasteiger partial charge >= 0.3 is 0 Å². The first-order valence-electron chi connectivity index (χ1n) is 2.97. The van der Waals surface area contributed by atoms with Gasteiger partial charge in [0, 0.05) is 6.42 Å². The Morgan fingerprint density at radius 2 is 2.18 bits per heavy atom. The summed E-state index contributed by atoms with van der Waals surface area (Å²) in [6.07, 6.45) is -0.241. The lowest BCUT2D eigenvalue weighted by molar-refractivity contribution is -0.130. The second-order valence-corrected chi connectivity index (χ2v) is 2.02. The summed E-state index contributed by atoms with van der Waals surface area (Å²) in [5.74, 6) is 2.23. The van der Waals surface area contributed by atoms with Crippen LogP contribution >= 0.6 is 0 Å². The Labute approximate surface area is 63.5 Å². The van der Waals surface area contributed by atoms with Crippen molar-refractivity contribution in [3.8, 4) is 0 Å². The van der Waals surface area contributed by atoms with Gasteiger partial charge in [-0.1, -0.05) is 0 Å². The van der Waals surface area contributed by atoms with Crippen molar-refractivity contribution in [3.63, 3.8) is 0 Å². The van der Waals surface area contributed by atoms with E-state index in [0.717, 1.165) is 0 Å². The van der Waals surface area contributed by atoms with Gasteiger partial charge in [-0.2, -0.15) is 0 Å². The molecule has 6 heteroatoms. The highest BCUT2D eigenvalue weighted by atomic mass is 16.3. The molecule has 0 aliphatic heterocycles. The number of amides is 2. The minimum absolute atomic E-state index is 0.241. The molecular weight excluding hydrogens is 150 g/mol. The fourth-order valence-electron chi connectivity index (χ4n) is 0.523. The Kier molecular flexibility index (Phi) is 4.16. The fourth-order valence-corrected chi connectivity index (χ4v) is 0.523. The molecule has 0 saturated carbocycles. The lowest BCUT2D eigenvalue weighted by Crippen LogP contribution is -2.34. The fraction of sp³-hybridized carbons (Fsp3) is 0.600. The lowest BCUT2D eigenvalue weighted by atomic mass is 10.1. The molecule has 5 N–H and O–H groups in total. The molecule has 0 saturated heterocycles. The predicted molar refractivity (Wildman–Crippen MR) is 35.6 cm³/mol. The number of hydrogen-bond acceptors (Lipinski definition) is 4. The van der Waals surface area contributed by atoms with Crippen molar-refractivity contribution in [3.05, 3.63) is 0 Å². The van der Waals surface area contributed by atoms with E-state index in [0.29, 0.717) is 0 Å². The second kappa shape index (κ2) is 4.64. The average molecular weight is 160 g/mol. The summed E-state index contributed by atoms with van der Waals surface area (Å²) in [4.78, 5) is 20.8. The molecule has 1 unspecified atom stereocenters. The maximum absolute atomic E-state index is 10.5. The van der Waals surface area contributed by atoms with Crippen molar-refractivity contribution in [1.82, 2.24) is 11.2 Å². The van der Waals surface area contributed by atoms with Crippen LogP contribution in [-0.4, -0.2) is 23.5 Å². The molecule has 0 bridgehead atoms. The third-order valence-electron chi connectivity index (χ3n) is 1.18. The summed E-state index contributed by atoms with van der Waals surface area (Å²) in [5, 5.41) is 8.48. The van der Waals surface area contributed by atoms with Gasteiger partial charge in [0.05, 0.1) is 12.5 Å². The zero-order chi connectivity index (χ0) is 8.85. The maximum Gasteiger partial charge on any atom is 0.244 e. The molecule has 1 radical (unpaired) electrons. The van der Waals surface area contributed by atoms with E-state index in [2.05, 4.69) is 0 Å². The number of carbonyl (C=O) groups excluding carboxylic acids is 2. The van der Waals surface area contributed by atoms with E-state index in [-0.39, 0.29) is 6.42 Å². The monoisotopic (exact) mass is 160 g/mol. The summed E-state index contributed by atoms with van der Waals surface area (Å²) in [7, 11) is 0. The molecule has 0 rings (SSSR count). The molecule has 0 aromatic rings. The van der Waals surface area contributed by atoms with Gasteiger partial charge in [-0.3, -0.25) is 20.7 Å². The van der Waals surface area contributed by atoms with Gasteiger partial charge in [0.1, 0.15) is 0 Å². The molecule has 6 nitrogen and oxygen atoms in total. The minimum Gasteiger partial charge on any atom is -0.396 e. The highest BCUT2D eigenvalue weighted by Gasteiger charge is 2.17. The quantitative estimate of drug-likeness (QED) is 0.245. The topological polar surface area (TPSA) is 116 Å². The maximum atomic E-state index is 10.5. The Balaban J connectivity index is 3.88. The Morgan fingerprint density at radius 3 is 2.45 bits per heavy atom. The highest BCUT2D eigenvalue weighted by molar-refractivity contribution is 5.84. The molecule has 2 amide bonds. The highest BCUT2D eigenvalue weighted by Crippen LogP contribution is 2.00. The number of nitrogens with one attached hydrogen (secondary N) is 2. The van der Waals surface area contributed by atoms with Crippen LogP contribution in [-0.2, 0) is 9.59 Å². The Morgan fingerprint density at radius 1 is 1.64 bits per heavy atom. The van der Waals surface area contributed by atoms with Gasteiger partial charge in [-0.25, -0.2) is 5.84 Å². The van der Waals surface area contributed by atoms with Crippen LogP contribution in [0.2, 0.25) is 0 Å². The molecule has 0 aliphatic carbocycles. The van der Waals surface area contributed by atoms with Gasteiger partial charge in [-0.15, -0.1) is 0 Å². The van der Waals surface area contributed by atoms with E-state index in [4.69, 9.17) is 16.7 Å².